The van der Waals surface area contributed by atoms with Crippen LogP contribution in [0.3, 0.4) is 0 Å². The van der Waals surface area contributed by atoms with E-state index in [9.17, 15) is 4.79 Å². The number of aromatic nitrogens is 1. The van der Waals surface area contributed by atoms with Gasteiger partial charge in [-0.1, -0.05) is 42.5 Å². The van der Waals surface area contributed by atoms with Crippen molar-refractivity contribution >= 4 is 17.2 Å². The number of hydrogen-bond acceptors (Lipinski definition) is 4. The molecular formula is C21H25N3OS. The van der Waals surface area contributed by atoms with Crippen LogP contribution in [0, 0.1) is 5.92 Å². The van der Waals surface area contributed by atoms with E-state index >= 15 is 0 Å². The molecule has 0 N–H and O–H groups in total. The Labute approximate surface area is 159 Å². The van der Waals surface area contributed by atoms with Crippen LogP contribution >= 0.6 is 11.3 Å². The molecule has 136 valence electrons. The van der Waals surface area contributed by atoms with Crippen molar-refractivity contribution in [3.05, 3.63) is 53.6 Å². The predicted octanol–water partition coefficient (Wildman–Crippen LogP) is 3.81. The third kappa shape index (κ3) is 4.05. The van der Waals surface area contributed by atoms with Crippen molar-refractivity contribution in [1.29, 1.82) is 0 Å². The topological polar surface area (TPSA) is 36.4 Å². The lowest BCUT2D eigenvalue weighted by Crippen LogP contribution is -2.50. The monoisotopic (exact) mass is 367 g/mol. The molecular weight excluding hydrogens is 342 g/mol. The van der Waals surface area contributed by atoms with E-state index in [2.05, 4.69) is 51.6 Å². The number of piperazine rings is 1. The van der Waals surface area contributed by atoms with E-state index in [4.69, 9.17) is 4.98 Å². The second-order valence-corrected chi connectivity index (χ2v) is 7.95. The highest BCUT2D eigenvalue weighted by Crippen LogP contribution is 2.25. The summed E-state index contributed by atoms with van der Waals surface area (Å²) in [6, 6.07) is 10.3. The first-order chi connectivity index (χ1) is 12.8. The van der Waals surface area contributed by atoms with E-state index < -0.39 is 0 Å². The molecule has 1 unspecified atom stereocenters. The number of thiazole rings is 1. The molecule has 0 radical (unpaired) electrons. The smallest absolute Gasteiger partial charge is 0.226 e. The fourth-order valence-corrected chi connectivity index (χ4v) is 4.54. The Morgan fingerprint density at radius 3 is 2.65 bits per heavy atom. The minimum absolute atomic E-state index is 0.207. The normalized spacial score (nSPS) is 21.1. The summed E-state index contributed by atoms with van der Waals surface area (Å²) >= 11 is 1.71. The van der Waals surface area contributed by atoms with Gasteiger partial charge in [0.15, 0.2) is 0 Å². The van der Waals surface area contributed by atoms with Crippen LogP contribution in [-0.2, 0) is 11.3 Å². The van der Waals surface area contributed by atoms with Gasteiger partial charge in [0.05, 0.1) is 5.69 Å². The van der Waals surface area contributed by atoms with Gasteiger partial charge in [-0.25, -0.2) is 4.98 Å². The van der Waals surface area contributed by atoms with Crippen LogP contribution in [0.1, 0.15) is 25.0 Å². The van der Waals surface area contributed by atoms with Gasteiger partial charge >= 0.3 is 0 Å². The van der Waals surface area contributed by atoms with Crippen molar-refractivity contribution in [2.24, 2.45) is 5.92 Å². The van der Waals surface area contributed by atoms with Crippen LogP contribution < -0.4 is 0 Å². The number of carbonyl (C=O) groups is 1. The van der Waals surface area contributed by atoms with Crippen LogP contribution in [0.2, 0.25) is 0 Å². The summed E-state index contributed by atoms with van der Waals surface area (Å²) in [5.41, 5.74) is 2.31. The van der Waals surface area contributed by atoms with Gasteiger partial charge in [-0.3, -0.25) is 9.69 Å². The number of nitrogens with zero attached hydrogens (tertiary/aromatic N) is 3. The molecule has 1 aliphatic carbocycles. The van der Waals surface area contributed by atoms with E-state index in [1.54, 1.807) is 11.3 Å². The van der Waals surface area contributed by atoms with Crippen molar-refractivity contribution in [3.63, 3.8) is 0 Å². The Kier molecular flexibility index (Phi) is 5.46. The Morgan fingerprint density at radius 1 is 1.12 bits per heavy atom. The zero-order valence-corrected chi connectivity index (χ0v) is 15.8. The van der Waals surface area contributed by atoms with Crippen LogP contribution in [0.4, 0.5) is 0 Å². The minimum Gasteiger partial charge on any atom is -0.340 e. The average Bonchev–Trinajstić information content (AvgIpc) is 3.18. The predicted molar refractivity (Wildman–Crippen MR) is 106 cm³/mol. The minimum atomic E-state index is 0.207. The summed E-state index contributed by atoms with van der Waals surface area (Å²) in [5.74, 6) is 0.563. The lowest BCUT2D eigenvalue weighted by atomic mass is 9.93. The average molecular weight is 368 g/mol. The third-order valence-corrected chi connectivity index (χ3v) is 6.20. The fourth-order valence-electron chi connectivity index (χ4n) is 3.72. The van der Waals surface area contributed by atoms with Crippen LogP contribution in [0.15, 0.2) is 47.9 Å². The van der Waals surface area contributed by atoms with E-state index in [-0.39, 0.29) is 5.92 Å². The molecule has 2 aromatic rings. The quantitative estimate of drug-likeness (QED) is 0.771. The summed E-state index contributed by atoms with van der Waals surface area (Å²) in [7, 11) is 0. The van der Waals surface area contributed by atoms with Crippen LogP contribution in [0.25, 0.3) is 10.6 Å². The molecule has 1 aromatic carbocycles. The highest BCUT2D eigenvalue weighted by atomic mass is 32.1. The first-order valence-electron chi connectivity index (χ1n) is 9.45. The number of rotatable bonds is 4. The molecule has 2 aliphatic rings. The lowest BCUT2D eigenvalue weighted by Gasteiger charge is -2.36. The summed E-state index contributed by atoms with van der Waals surface area (Å²) in [5, 5.41) is 3.24. The largest absolute Gasteiger partial charge is 0.340 e. The molecule has 0 saturated carbocycles. The second-order valence-electron chi connectivity index (χ2n) is 7.09. The highest BCUT2D eigenvalue weighted by molar-refractivity contribution is 7.13. The number of carbonyl (C=O) groups excluding carboxylic acids is 1. The zero-order valence-electron chi connectivity index (χ0n) is 15.0. The Hall–Kier alpha value is -1.98. The van der Waals surface area contributed by atoms with Crippen molar-refractivity contribution < 1.29 is 4.79 Å². The van der Waals surface area contributed by atoms with E-state index in [0.29, 0.717) is 5.91 Å². The van der Waals surface area contributed by atoms with Gasteiger partial charge in [0.25, 0.3) is 0 Å². The van der Waals surface area contributed by atoms with Gasteiger partial charge in [-0.05, 0) is 19.3 Å². The number of allylic oxidation sites excluding steroid dienone is 2. The first kappa shape index (κ1) is 17.4. The van der Waals surface area contributed by atoms with Gasteiger partial charge in [0.1, 0.15) is 5.01 Å². The molecule has 26 heavy (non-hydrogen) atoms. The number of hydrogen-bond donors (Lipinski definition) is 0. The second kappa shape index (κ2) is 8.14. The summed E-state index contributed by atoms with van der Waals surface area (Å²) in [6.07, 6.45) is 7.33. The van der Waals surface area contributed by atoms with Gasteiger partial charge in [-0.15, -0.1) is 11.3 Å². The van der Waals surface area contributed by atoms with E-state index in [1.807, 2.05) is 6.07 Å². The number of benzene rings is 1. The van der Waals surface area contributed by atoms with Crippen molar-refractivity contribution in [2.45, 2.75) is 25.8 Å². The summed E-state index contributed by atoms with van der Waals surface area (Å²) in [6.45, 7) is 4.43. The zero-order chi connectivity index (χ0) is 17.8. The Balaban J connectivity index is 1.29. The SMILES string of the molecule is O=C(C1CC=CCC1)N1CCN(Cc2csc(-c3ccccc3)n2)CC1. The molecule has 1 saturated heterocycles. The molecule has 1 aromatic heterocycles. The maximum absolute atomic E-state index is 12.6. The van der Waals surface area contributed by atoms with E-state index in [0.717, 1.165) is 62.7 Å². The van der Waals surface area contributed by atoms with Gasteiger partial charge < -0.3 is 4.90 Å². The Morgan fingerprint density at radius 2 is 1.92 bits per heavy atom. The fraction of sp³-hybridized carbons (Fsp3) is 0.429. The molecule has 2 heterocycles. The molecule has 1 fully saturated rings. The maximum Gasteiger partial charge on any atom is 0.226 e. The number of amides is 1. The van der Waals surface area contributed by atoms with Gasteiger partial charge in [0.2, 0.25) is 5.91 Å². The lowest BCUT2D eigenvalue weighted by molar-refractivity contribution is -0.137. The van der Waals surface area contributed by atoms with Crippen molar-refractivity contribution in [3.8, 4) is 10.6 Å². The van der Waals surface area contributed by atoms with Crippen molar-refractivity contribution in [2.75, 3.05) is 26.2 Å². The molecule has 4 nitrogen and oxygen atoms in total. The van der Waals surface area contributed by atoms with Crippen LogP contribution in [-0.4, -0.2) is 46.9 Å². The summed E-state index contributed by atoms with van der Waals surface area (Å²) in [4.78, 5) is 21.9. The van der Waals surface area contributed by atoms with Gasteiger partial charge in [-0.2, -0.15) is 0 Å². The summed E-state index contributed by atoms with van der Waals surface area (Å²) < 4.78 is 0. The molecule has 1 amide bonds. The molecule has 0 bridgehead atoms. The molecule has 0 spiro atoms. The molecule has 1 aliphatic heterocycles. The standard InChI is InChI=1S/C21H25N3OS/c25-21(18-9-5-2-6-10-18)24-13-11-23(12-14-24)15-19-16-26-20(22-19)17-7-3-1-4-8-17/h1-5,7-8,16,18H,6,9-15H2. The maximum atomic E-state index is 12.6. The third-order valence-electron chi connectivity index (χ3n) is 5.26. The molecule has 4 rings (SSSR count). The highest BCUT2D eigenvalue weighted by Gasteiger charge is 2.27. The Bertz CT molecular complexity index is 763. The van der Waals surface area contributed by atoms with Gasteiger partial charge in [0, 0.05) is 49.6 Å². The van der Waals surface area contributed by atoms with Crippen molar-refractivity contribution in [1.82, 2.24) is 14.8 Å². The molecule has 5 heteroatoms. The first-order valence-corrected chi connectivity index (χ1v) is 10.3. The van der Waals surface area contributed by atoms with Crippen LogP contribution in [0.5, 0.6) is 0 Å². The van der Waals surface area contributed by atoms with E-state index in [1.165, 1.54) is 5.56 Å². The molecule has 1 atom stereocenters.